The molecule has 0 fully saturated rings. The molecule has 2 aromatic carbocycles. The van der Waals surface area contributed by atoms with E-state index in [1.807, 2.05) is 42.4 Å². The van der Waals surface area contributed by atoms with E-state index in [0.29, 0.717) is 18.8 Å². The van der Waals surface area contributed by atoms with Crippen LogP contribution < -0.4 is 15.4 Å². The number of nitrogens with two attached hydrogens (primary N) is 1. The fourth-order valence-electron chi connectivity index (χ4n) is 3.24. The first kappa shape index (κ1) is 18.7. The average molecular weight is 390 g/mol. The third-order valence-corrected chi connectivity index (χ3v) is 4.61. The third-order valence-electron chi connectivity index (χ3n) is 4.61. The number of ether oxygens (including phenoxy) is 1. The molecule has 0 aliphatic rings. The molecule has 4 rings (SSSR count). The number of anilines is 2. The highest BCUT2D eigenvalue weighted by atomic mass is 16.5. The van der Waals surface area contributed by atoms with Crippen LogP contribution in [0, 0.1) is 0 Å². The van der Waals surface area contributed by atoms with Gasteiger partial charge in [0.15, 0.2) is 0 Å². The van der Waals surface area contributed by atoms with Crippen molar-refractivity contribution in [3.05, 3.63) is 55.0 Å². The number of nitrogens with zero attached hydrogens (tertiary/aromatic N) is 5. The van der Waals surface area contributed by atoms with Gasteiger partial charge in [-0.15, -0.1) is 0 Å². The molecule has 148 valence electrons. The van der Waals surface area contributed by atoms with Gasteiger partial charge >= 0.3 is 0 Å². The van der Waals surface area contributed by atoms with Crippen molar-refractivity contribution in [1.82, 2.24) is 19.7 Å². The second-order valence-electron chi connectivity index (χ2n) is 6.66. The predicted octanol–water partition coefficient (Wildman–Crippen LogP) is 2.84. The number of rotatable bonds is 6. The molecule has 2 heterocycles. The van der Waals surface area contributed by atoms with Gasteiger partial charge in [-0.1, -0.05) is 0 Å². The summed E-state index contributed by atoms with van der Waals surface area (Å²) in [6.07, 6.45) is 5.41. The number of aromatic hydroxyl groups is 1. The Morgan fingerprint density at radius 1 is 1.10 bits per heavy atom. The van der Waals surface area contributed by atoms with Crippen LogP contribution in [0.1, 0.15) is 0 Å². The molecule has 0 radical (unpaired) electrons. The van der Waals surface area contributed by atoms with Crippen LogP contribution in [0.5, 0.6) is 11.5 Å². The van der Waals surface area contributed by atoms with Crippen molar-refractivity contribution in [1.29, 1.82) is 0 Å². The first-order chi connectivity index (χ1) is 14.1. The fraction of sp³-hybridized carbons (Fsp3) is 0.190. The van der Waals surface area contributed by atoms with Crippen molar-refractivity contribution in [2.45, 2.75) is 0 Å². The summed E-state index contributed by atoms with van der Waals surface area (Å²) < 4.78 is 7.02. The Labute approximate surface area is 168 Å². The molecule has 4 aromatic rings. The van der Waals surface area contributed by atoms with E-state index in [2.05, 4.69) is 10.1 Å². The first-order valence-corrected chi connectivity index (χ1v) is 9.19. The van der Waals surface area contributed by atoms with E-state index < -0.39 is 0 Å². The van der Waals surface area contributed by atoms with Gasteiger partial charge in [0, 0.05) is 61.5 Å². The molecule has 0 atom stereocenters. The van der Waals surface area contributed by atoms with Crippen LogP contribution in [0.15, 0.2) is 55.0 Å². The van der Waals surface area contributed by atoms with Crippen LogP contribution in [0.2, 0.25) is 0 Å². The molecule has 2 aromatic heterocycles. The van der Waals surface area contributed by atoms with E-state index in [1.54, 1.807) is 36.3 Å². The predicted molar refractivity (Wildman–Crippen MR) is 112 cm³/mol. The number of hydrogen-bond acceptors (Lipinski definition) is 7. The van der Waals surface area contributed by atoms with E-state index in [4.69, 9.17) is 15.5 Å². The Kier molecular flexibility index (Phi) is 5.01. The van der Waals surface area contributed by atoms with Crippen molar-refractivity contribution < 1.29 is 9.84 Å². The molecule has 0 spiro atoms. The number of phenols is 1. The van der Waals surface area contributed by atoms with Crippen molar-refractivity contribution >= 4 is 22.4 Å². The van der Waals surface area contributed by atoms with Gasteiger partial charge in [-0.2, -0.15) is 5.10 Å². The number of hydrogen-bond donors (Lipinski definition) is 2. The largest absolute Gasteiger partial charge is 0.508 e. The third kappa shape index (κ3) is 3.83. The smallest absolute Gasteiger partial charge is 0.124 e. The Balaban J connectivity index is 1.78. The Morgan fingerprint density at radius 2 is 1.97 bits per heavy atom. The van der Waals surface area contributed by atoms with Gasteiger partial charge in [0.05, 0.1) is 36.2 Å². The normalized spacial score (nSPS) is 11.0. The van der Waals surface area contributed by atoms with Crippen LogP contribution >= 0.6 is 0 Å². The van der Waals surface area contributed by atoms with E-state index >= 15 is 0 Å². The van der Waals surface area contributed by atoms with Gasteiger partial charge in [0.2, 0.25) is 0 Å². The standard InChI is InChI=1S/C21H22N6O2/c1-26-13-14(11-24-26)21-12-23-19-4-3-15(9-20(19)25-21)27(6-5-22)16-7-17(28)10-18(8-16)29-2/h3-4,7-13,28H,5-6,22H2,1-2H3. The summed E-state index contributed by atoms with van der Waals surface area (Å²) in [5.74, 6) is 0.697. The van der Waals surface area contributed by atoms with Gasteiger partial charge in [-0.05, 0) is 18.2 Å². The van der Waals surface area contributed by atoms with E-state index in [1.165, 1.54) is 0 Å². The lowest BCUT2D eigenvalue weighted by Crippen LogP contribution is -2.24. The maximum atomic E-state index is 10.1. The highest BCUT2D eigenvalue weighted by Crippen LogP contribution is 2.33. The number of aromatic nitrogens is 4. The van der Waals surface area contributed by atoms with Gasteiger partial charge < -0.3 is 20.5 Å². The highest BCUT2D eigenvalue weighted by Gasteiger charge is 2.13. The topological polar surface area (TPSA) is 102 Å². The molecule has 3 N–H and O–H groups in total. The molecular weight excluding hydrogens is 368 g/mol. The molecule has 0 amide bonds. The van der Waals surface area contributed by atoms with Gasteiger partial charge in [-0.25, -0.2) is 4.98 Å². The minimum Gasteiger partial charge on any atom is -0.508 e. The zero-order valence-electron chi connectivity index (χ0n) is 16.3. The molecule has 0 aliphatic carbocycles. The quantitative estimate of drug-likeness (QED) is 0.522. The summed E-state index contributed by atoms with van der Waals surface area (Å²) in [5.41, 5.74) is 10.8. The van der Waals surface area contributed by atoms with Gasteiger partial charge in [0.1, 0.15) is 11.5 Å². The number of benzene rings is 2. The van der Waals surface area contributed by atoms with Crippen molar-refractivity contribution in [3.8, 4) is 22.8 Å². The second-order valence-corrected chi connectivity index (χ2v) is 6.66. The zero-order chi connectivity index (χ0) is 20.4. The summed E-state index contributed by atoms with van der Waals surface area (Å²) in [6.45, 7) is 1.01. The summed E-state index contributed by atoms with van der Waals surface area (Å²) in [4.78, 5) is 11.3. The summed E-state index contributed by atoms with van der Waals surface area (Å²) in [6, 6.07) is 11.0. The minimum atomic E-state index is 0.126. The minimum absolute atomic E-state index is 0.126. The maximum Gasteiger partial charge on any atom is 0.124 e. The molecule has 0 saturated carbocycles. The van der Waals surface area contributed by atoms with Gasteiger partial charge in [0.25, 0.3) is 0 Å². The van der Waals surface area contributed by atoms with E-state index in [0.717, 1.165) is 33.7 Å². The molecule has 0 bridgehead atoms. The average Bonchev–Trinajstić information content (AvgIpc) is 3.17. The molecular formula is C21H22N6O2. The molecule has 0 unspecified atom stereocenters. The van der Waals surface area contributed by atoms with Crippen LogP contribution in [-0.2, 0) is 7.05 Å². The number of aryl methyl sites for hydroxylation is 1. The highest BCUT2D eigenvalue weighted by molar-refractivity contribution is 5.82. The SMILES string of the molecule is COc1cc(O)cc(N(CCN)c2ccc3ncc(-c4cnn(C)c4)nc3c2)c1. The second kappa shape index (κ2) is 7.76. The van der Waals surface area contributed by atoms with Crippen LogP contribution in [0.3, 0.4) is 0 Å². The summed E-state index contributed by atoms with van der Waals surface area (Å²) in [5, 5.41) is 14.3. The van der Waals surface area contributed by atoms with Crippen LogP contribution in [0.4, 0.5) is 11.4 Å². The summed E-state index contributed by atoms with van der Waals surface area (Å²) in [7, 11) is 3.43. The lowest BCUT2D eigenvalue weighted by Gasteiger charge is -2.25. The molecule has 29 heavy (non-hydrogen) atoms. The fourth-order valence-corrected chi connectivity index (χ4v) is 3.24. The summed E-state index contributed by atoms with van der Waals surface area (Å²) >= 11 is 0. The molecule has 8 nitrogen and oxygen atoms in total. The van der Waals surface area contributed by atoms with Crippen molar-refractivity contribution in [2.75, 3.05) is 25.1 Å². The number of phenolic OH excluding ortho intramolecular Hbond substituents is 1. The maximum absolute atomic E-state index is 10.1. The van der Waals surface area contributed by atoms with Gasteiger partial charge in [-0.3, -0.25) is 9.67 Å². The van der Waals surface area contributed by atoms with Crippen LogP contribution in [0.25, 0.3) is 22.3 Å². The van der Waals surface area contributed by atoms with Crippen LogP contribution in [-0.4, -0.2) is 45.1 Å². The lowest BCUT2D eigenvalue weighted by atomic mass is 10.2. The first-order valence-electron chi connectivity index (χ1n) is 9.19. The van der Waals surface area contributed by atoms with Crippen molar-refractivity contribution in [3.63, 3.8) is 0 Å². The molecule has 0 saturated heterocycles. The number of fused-ring (bicyclic) bond motifs is 1. The Hall–Kier alpha value is -3.65. The molecule has 0 aliphatic heterocycles. The van der Waals surface area contributed by atoms with E-state index in [9.17, 15) is 5.11 Å². The van der Waals surface area contributed by atoms with E-state index in [-0.39, 0.29) is 5.75 Å². The van der Waals surface area contributed by atoms with Crippen molar-refractivity contribution in [2.24, 2.45) is 12.8 Å². The molecule has 8 heteroatoms. The Bertz CT molecular complexity index is 1160. The lowest BCUT2D eigenvalue weighted by molar-refractivity contribution is 0.408. The Morgan fingerprint density at radius 3 is 2.69 bits per heavy atom. The zero-order valence-corrected chi connectivity index (χ0v) is 16.3. The number of methoxy groups -OCH3 is 1. The monoisotopic (exact) mass is 390 g/mol.